The summed E-state index contributed by atoms with van der Waals surface area (Å²) in [6, 6.07) is 12.1. The van der Waals surface area contributed by atoms with Crippen LogP contribution in [0.25, 0.3) is 10.9 Å². The summed E-state index contributed by atoms with van der Waals surface area (Å²) >= 11 is 0. The maximum Gasteiger partial charge on any atom is 0.338 e. The van der Waals surface area contributed by atoms with Gasteiger partial charge in [0.1, 0.15) is 0 Å². The molecule has 27 heavy (non-hydrogen) atoms. The third kappa shape index (κ3) is 3.87. The largest absolute Gasteiger partial charge is 0.465 e. The molecule has 0 bridgehead atoms. The van der Waals surface area contributed by atoms with Crippen LogP contribution in [0.1, 0.15) is 22.3 Å². The Balaban J connectivity index is 1.72. The SMILES string of the molecule is COC(=O)c1cccc(NC(=O)CCn2cnc3ccccc3c2=O)c1C. The molecule has 138 valence electrons. The van der Waals surface area contributed by atoms with Gasteiger partial charge < -0.3 is 10.1 Å². The number of hydrogen-bond donors (Lipinski definition) is 1. The predicted octanol–water partition coefficient (Wildman–Crippen LogP) is 2.52. The van der Waals surface area contributed by atoms with E-state index in [0.717, 1.165) is 0 Å². The van der Waals surface area contributed by atoms with Crippen molar-refractivity contribution in [1.29, 1.82) is 0 Å². The number of anilines is 1. The van der Waals surface area contributed by atoms with Crippen molar-refractivity contribution in [2.45, 2.75) is 19.9 Å². The van der Waals surface area contributed by atoms with Crippen LogP contribution in [0.3, 0.4) is 0 Å². The highest BCUT2D eigenvalue weighted by molar-refractivity contribution is 5.96. The van der Waals surface area contributed by atoms with E-state index in [4.69, 9.17) is 4.74 Å². The maximum atomic E-state index is 12.4. The number of hydrogen-bond acceptors (Lipinski definition) is 5. The van der Waals surface area contributed by atoms with Gasteiger partial charge in [-0.3, -0.25) is 14.2 Å². The van der Waals surface area contributed by atoms with E-state index in [1.54, 1.807) is 43.3 Å². The van der Waals surface area contributed by atoms with Crippen molar-refractivity contribution in [3.05, 3.63) is 70.3 Å². The number of aryl methyl sites for hydroxylation is 1. The molecule has 1 aromatic heterocycles. The van der Waals surface area contributed by atoms with E-state index in [0.29, 0.717) is 27.7 Å². The van der Waals surface area contributed by atoms with Crippen LogP contribution < -0.4 is 10.9 Å². The minimum Gasteiger partial charge on any atom is -0.465 e. The van der Waals surface area contributed by atoms with E-state index >= 15 is 0 Å². The molecule has 7 nitrogen and oxygen atoms in total. The van der Waals surface area contributed by atoms with Crippen molar-refractivity contribution < 1.29 is 14.3 Å². The first kappa shape index (κ1) is 18.3. The van der Waals surface area contributed by atoms with Gasteiger partial charge in [-0.25, -0.2) is 9.78 Å². The van der Waals surface area contributed by atoms with Gasteiger partial charge in [-0.05, 0) is 36.8 Å². The Bertz CT molecular complexity index is 1070. The fraction of sp³-hybridized carbons (Fsp3) is 0.200. The first-order valence-corrected chi connectivity index (χ1v) is 8.43. The van der Waals surface area contributed by atoms with Crippen LogP contribution in [0.2, 0.25) is 0 Å². The average molecular weight is 365 g/mol. The topological polar surface area (TPSA) is 90.3 Å². The highest BCUT2D eigenvalue weighted by Gasteiger charge is 2.13. The zero-order valence-corrected chi connectivity index (χ0v) is 15.1. The molecule has 0 radical (unpaired) electrons. The van der Waals surface area contributed by atoms with Gasteiger partial charge in [-0.15, -0.1) is 0 Å². The molecule has 2 aromatic carbocycles. The van der Waals surface area contributed by atoms with Crippen molar-refractivity contribution in [1.82, 2.24) is 9.55 Å². The Labute approximate surface area is 155 Å². The Morgan fingerprint density at radius 2 is 1.93 bits per heavy atom. The normalized spacial score (nSPS) is 10.6. The molecule has 0 aliphatic carbocycles. The van der Waals surface area contributed by atoms with Gasteiger partial charge in [-0.2, -0.15) is 0 Å². The summed E-state index contributed by atoms with van der Waals surface area (Å²) < 4.78 is 6.15. The molecular formula is C20H19N3O4. The number of methoxy groups -OCH3 is 1. The van der Waals surface area contributed by atoms with Crippen molar-refractivity contribution in [3.63, 3.8) is 0 Å². The second-order valence-corrected chi connectivity index (χ2v) is 6.03. The first-order valence-electron chi connectivity index (χ1n) is 8.43. The Morgan fingerprint density at radius 3 is 2.70 bits per heavy atom. The molecule has 0 spiro atoms. The number of esters is 1. The summed E-state index contributed by atoms with van der Waals surface area (Å²) in [7, 11) is 1.31. The van der Waals surface area contributed by atoms with Crippen LogP contribution in [0.15, 0.2) is 53.6 Å². The number of para-hydroxylation sites is 1. The monoisotopic (exact) mass is 365 g/mol. The summed E-state index contributed by atoms with van der Waals surface area (Å²) in [6.07, 6.45) is 1.54. The van der Waals surface area contributed by atoms with E-state index in [9.17, 15) is 14.4 Å². The third-order valence-corrected chi connectivity index (χ3v) is 4.32. The summed E-state index contributed by atoms with van der Waals surface area (Å²) in [5, 5.41) is 3.29. The number of ether oxygens (including phenoxy) is 1. The highest BCUT2D eigenvalue weighted by Crippen LogP contribution is 2.20. The third-order valence-electron chi connectivity index (χ3n) is 4.32. The zero-order chi connectivity index (χ0) is 19.4. The summed E-state index contributed by atoms with van der Waals surface area (Å²) in [4.78, 5) is 40.7. The fourth-order valence-corrected chi connectivity index (χ4v) is 2.80. The summed E-state index contributed by atoms with van der Waals surface area (Å²) in [5.41, 5.74) is 2.00. The minimum absolute atomic E-state index is 0.0990. The van der Waals surface area contributed by atoms with Gasteiger partial charge in [-0.1, -0.05) is 18.2 Å². The quantitative estimate of drug-likeness (QED) is 0.702. The van der Waals surface area contributed by atoms with Crippen molar-refractivity contribution in [2.24, 2.45) is 0 Å². The lowest BCUT2D eigenvalue weighted by atomic mass is 10.1. The number of nitrogens with zero attached hydrogens (tertiary/aromatic N) is 2. The molecule has 0 fully saturated rings. The minimum atomic E-state index is -0.461. The predicted molar refractivity (Wildman–Crippen MR) is 102 cm³/mol. The summed E-state index contributed by atoms with van der Waals surface area (Å²) in [5.74, 6) is -0.724. The molecule has 7 heteroatoms. The highest BCUT2D eigenvalue weighted by atomic mass is 16.5. The van der Waals surface area contributed by atoms with E-state index in [1.807, 2.05) is 6.07 Å². The van der Waals surface area contributed by atoms with Gasteiger partial charge in [0, 0.05) is 18.7 Å². The van der Waals surface area contributed by atoms with Gasteiger partial charge in [0.15, 0.2) is 0 Å². The molecule has 0 aliphatic rings. The van der Waals surface area contributed by atoms with Gasteiger partial charge in [0.2, 0.25) is 5.91 Å². The van der Waals surface area contributed by atoms with E-state index in [-0.39, 0.29) is 24.4 Å². The number of nitrogens with one attached hydrogen (secondary N) is 1. The van der Waals surface area contributed by atoms with Crippen molar-refractivity contribution in [2.75, 3.05) is 12.4 Å². The van der Waals surface area contributed by atoms with Crippen LogP contribution in [-0.2, 0) is 16.1 Å². The van der Waals surface area contributed by atoms with Gasteiger partial charge >= 0.3 is 5.97 Å². The lowest BCUT2D eigenvalue weighted by Gasteiger charge is -2.12. The average Bonchev–Trinajstić information content (AvgIpc) is 2.68. The number of carbonyl (C=O) groups excluding carboxylic acids is 2. The van der Waals surface area contributed by atoms with Crippen LogP contribution in [0.5, 0.6) is 0 Å². The summed E-state index contributed by atoms with van der Waals surface area (Å²) in [6.45, 7) is 1.94. The molecule has 0 saturated carbocycles. The molecule has 0 unspecified atom stereocenters. The second kappa shape index (κ2) is 7.82. The number of benzene rings is 2. The molecule has 1 heterocycles. The number of fused-ring (bicyclic) bond motifs is 1. The zero-order valence-electron chi connectivity index (χ0n) is 15.1. The molecule has 3 rings (SSSR count). The molecule has 0 aliphatic heterocycles. The van der Waals surface area contributed by atoms with Gasteiger partial charge in [0.05, 0.1) is 29.9 Å². The Morgan fingerprint density at radius 1 is 1.15 bits per heavy atom. The molecule has 0 saturated heterocycles. The number of aromatic nitrogens is 2. The number of amides is 1. The second-order valence-electron chi connectivity index (χ2n) is 6.03. The van der Waals surface area contributed by atoms with E-state index in [2.05, 4.69) is 10.3 Å². The molecule has 3 aromatic rings. The number of rotatable bonds is 5. The van der Waals surface area contributed by atoms with E-state index < -0.39 is 5.97 Å². The van der Waals surface area contributed by atoms with Gasteiger partial charge in [0.25, 0.3) is 5.56 Å². The number of carbonyl (C=O) groups is 2. The molecule has 1 amide bonds. The Hall–Kier alpha value is -3.48. The van der Waals surface area contributed by atoms with Crippen LogP contribution in [0, 0.1) is 6.92 Å². The standard InChI is InChI=1S/C20H19N3O4/c1-13-14(20(26)27-2)7-5-9-16(13)22-18(24)10-11-23-12-21-17-8-4-3-6-15(17)19(23)25/h3-9,12H,10-11H2,1-2H3,(H,22,24). The lowest BCUT2D eigenvalue weighted by molar-refractivity contribution is -0.116. The Kier molecular flexibility index (Phi) is 5.30. The fourth-order valence-electron chi connectivity index (χ4n) is 2.80. The molecule has 0 atom stereocenters. The van der Waals surface area contributed by atoms with Crippen LogP contribution >= 0.6 is 0 Å². The van der Waals surface area contributed by atoms with Crippen molar-refractivity contribution >= 4 is 28.5 Å². The molecule has 1 N–H and O–H groups in total. The van der Waals surface area contributed by atoms with Crippen LogP contribution in [-0.4, -0.2) is 28.5 Å². The van der Waals surface area contributed by atoms with Crippen molar-refractivity contribution in [3.8, 4) is 0 Å². The lowest BCUT2D eigenvalue weighted by Crippen LogP contribution is -2.24. The van der Waals surface area contributed by atoms with Crippen LogP contribution in [0.4, 0.5) is 5.69 Å². The maximum absolute atomic E-state index is 12.4. The molecular weight excluding hydrogens is 346 g/mol. The smallest absolute Gasteiger partial charge is 0.338 e. The first-order chi connectivity index (χ1) is 13.0. The van der Waals surface area contributed by atoms with E-state index in [1.165, 1.54) is 18.0 Å².